The number of amides is 3. The first kappa shape index (κ1) is 23.5. The van der Waals surface area contributed by atoms with Crippen molar-refractivity contribution in [2.45, 2.75) is 38.3 Å². The molecular weight excluding hydrogens is 466 g/mol. The van der Waals surface area contributed by atoms with E-state index in [-0.39, 0.29) is 12.5 Å². The molecule has 2 aliphatic heterocycles. The van der Waals surface area contributed by atoms with Crippen LogP contribution < -0.4 is 0 Å². The highest BCUT2D eigenvalue weighted by atomic mass is 32.1. The number of nitrogens with zero attached hydrogens (tertiary/aromatic N) is 5. The summed E-state index contributed by atoms with van der Waals surface area (Å²) < 4.78 is 6.87. The van der Waals surface area contributed by atoms with Gasteiger partial charge in [-0.15, -0.1) is 11.3 Å². The monoisotopic (exact) mass is 495 g/mol. The highest BCUT2D eigenvalue weighted by Crippen LogP contribution is 2.38. The minimum atomic E-state index is -0.930. The van der Waals surface area contributed by atoms with Crippen LogP contribution in [0.2, 0.25) is 0 Å². The first-order chi connectivity index (χ1) is 16.9. The molecular formula is C25H29N5O4S. The third-order valence-corrected chi connectivity index (χ3v) is 7.98. The molecule has 2 saturated heterocycles. The quantitative estimate of drug-likeness (QED) is 0.370. The Morgan fingerprint density at radius 3 is 2.63 bits per heavy atom. The molecule has 5 rings (SSSR count). The Hall–Kier alpha value is -3.24. The second-order valence-electron chi connectivity index (χ2n) is 9.14. The number of ether oxygens (including phenoxy) is 1. The SMILES string of the molecule is COC(=O)CN1C(=O)N(CCc2ccccc2)C2(CCN(Cc3c(C)nc4sccn34)CC2)C1=O. The van der Waals surface area contributed by atoms with Gasteiger partial charge in [0.15, 0.2) is 4.96 Å². The Morgan fingerprint density at radius 2 is 1.91 bits per heavy atom. The number of rotatable bonds is 7. The maximum Gasteiger partial charge on any atom is 0.328 e. The molecule has 9 nitrogen and oxygen atoms in total. The van der Waals surface area contributed by atoms with E-state index >= 15 is 0 Å². The highest BCUT2D eigenvalue weighted by Gasteiger charge is 2.58. The number of carbonyl (C=O) groups excluding carboxylic acids is 3. The van der Waals surface area contributed by atoms with Crippen LogP contribution in [-0.4, -0.2) is 80.8 Å². The number of imide groups is 1. The fourth-order valence-electron chi connectivity index (χ4n) is 5.22. The summed E-state index contributed by atoms with van der Waals surface area (Å²) in [5.41, 5.74) is 2.33. The lowest BCUT2D eigenvalue weighted by atomic mass is 9.85. The van der Waals surface area contributed by atoms with Gasteiger partial charge in [0.2, 0.25) is 0 Å². The van der Waals surface area contributed by atoms with Crippen molar-refractivity contribution in [1.29, 1.82) is 0 Å². The second-order valence-corrected chi connectivity index (χ2v) is 10.0. The number of urea groups is 1. The Morgan fingerprint density at radius 1 is 1.17 bits per heavy atom. The van der Waals surface area contributed by atoms with E-state index < -0.39 is 17.5 Å². The van der Waals surface area contributed by atoms with Crippen LogP contribution in [0, 0.1) is 6.92 Å². The van der Waals surface area contributed by atoms with Crippen LogP contribution in [0.5, 0.6) is 0 Å². The molecule has 184 valence electrons. The molecule has 2 aromatic heterocycles. The third-order valence-electron chi connectivity index (χ3n) is 7.22. The van der Waals surface area contributed by atoms with Crippen LogP contribution in [0.1, 0.15) is 29.8 Å². The average Bonchev–Trinajstić information content (AvgIpc) is 3.49. The molecule has 3 amide bonds. The molecule has 0 N–H and O–H groups in total. The maximum atomic E-state index is 13.6. The zero-order valence-electron chi connectivity index (χ0n) is 20.0. The van der Waals surface area contributed by atoms with Crippen LogP contribution >= 0.6 is 11.3 Å². The van der Waals surface area contributed by atoms with Crippen molar-refractivity contribution in [3.05, 3.63) is 58.9 Å². The molecule has 4 heterocycles. The van der Waals surface area contributed by atoms with E-state index in [0.29, 0.717) is 38.9 Å². The number of aryl methyl sites for hydroxylation is 1. The molecule has 1 aromatic carbocycles. The van der Waals surface area contributed by atoms with Gasteiger partial charge < -0.3 is 9.64 Å². The van der Waals surface area contributed by atoms with Gasteiger partial charge in [-0.05, 0) is 31.7 Å². The van der Waals surface area contributed by atoms with Gasteiger partial charge in [0.25, 0.3) is 5.91 Å². The molecule has 0 unspecified atom stereocenters. The number of aromatic nitrogens is 2. The van der Waals surface area contributed by atoms with Crippen molar-refractivity contribution in [2.24, 2.45) is 0 Å². The predicted octanol–water partition coefficient (Wildman–Crippen LogP) is 2.72. The molecule has 3 aromatic rings. The zero-order chi connectivity index (χ0) is 24.6. The Labute approximate surface area is 207 Å². The summed E-state index contributed by atoms with van der Waals surface area (Å²) in [7, 11) is 1.26. The molecule has 35 heavy (non-hydrogen) atoms. The van der Waals surface area contributed by atoms with Gasteiger partial charge in [0.05, 0.1) is 18.5 Å². The lowest BCUT2D eigenvalue weighted by Gasteiger charge is -2.42. The van der Waals surface area contributed by atoms with Crippen molar-refractivity contribution < 1.29 is 19.1 Å². The number of piperidine rings is 1. The van der Waals surface area contributed by atoms with E-state index in [4.69, 9.17) is 4.74 Å². The van der Waals surface area contributed by atoms with Crippen LogP contribution in [-0.2, 0) is 27.3 Å². The summed E-state index contributed by atoms with van der Waals surface area (Å²) in [4.78, 5) is 49.6. The van der Waals surface area contributed by atoms with Crippen molar-refractivity contribution in [3.63, 3.8) is 0 Å². The maximum absolute atomic E-state index is 13.6. The number of fused-ring (bicyclic) bond motifs is 1. The summed E-state index contributed by atoms with van der Waals surface area (Å²) in [5, 5.41) is 2.03. The van der Waals surface area contributed by atoms with Gasteiger partial charge in [-0.25, -0.2) is 9.78 Å². The predicted molar refractivity (Wildman–Crippen MR) is 131 cm³/mol. The zero-order valence-corrected chi connectivity index (χ0v) is 20.8. The summed E-state index contributed by atoms with van der Waals surface area (Å²) in [6, 6.07) is 9.51. The molecule has 0 atom stereocenters. The van der Waals surface area contributed by atoms with Crippen LogP contribution in [0.4, 0.5) is 4.79 Å². The van der Waals surface area contributed by atoms with Gasteiger partial charge in [-0.2, -0.15) is 0 Å². The minimum Gasteiger partial charge on any atom is -0.468 e. The second kappa shape index (κ2) is 9.43. The number of methoxy groups -OCH3 is 1. The third kappa shape index (κ3) is 4.21. The van der Waals surface area contributed by atoms with Crippen LogP contribution in [0.3, 0.4) is 0 Å². The topological polar surface area (TPSA) is 87.5 Å². The molecule has 0 saturated carbocycles. The minimum absolute atomic E-state index is 0.290. The van der Waals surface area contributed by atoms with E-state index in [0.717, 1.165) is 33.4 Å². The van der Waals surface area contributed by atoms with Crippen molar-refractivity contribution in [1.82, 2.24) is 24.1 Å². The fraction of sp³-hybridized carbons (Fsp3) is 0.440. The van der Waals surface area contributed by atoms with Gasteiger partial charge >= 0.3 is 12.0 Å². The largest absolute Gasteiger partial charge is 0.468 e. The summed E-state index contributed by atoms with van der Waals surface area (Å²) in [6.45, 7) is 4.16. The lowest BCUT2D eigenvalue weighted by Crippen LogP contribution is -2.56. The normalized spacial score (nSPS) is 18.2. The standard InChI is InChI=1S/C25H29N5O4S/c1-18-20(28-14-15-35-23(28)26-18)16-27-12-9-25(10-13-27)22(32)29(17-21(31)34-2)24(33)30(25)11-8-19-6-4-3-5-7-19/h3-7,14-15H,8-13,16-17H2,1-2H3. The Kier molecular flexibility index (Phi) is 6.33. The molecule has 1 spiro atoms. The van der Waals surface area contributed by atoms with Crippen molar-refractivity contribution >= 4 is 34.2 Å². The number of likely N-dealkylation sites (tertiary alicyclic amines) is 1. The average molecular weight is 496 g/mol. The first-order valence-corrected chi connectivity index (χ1v) is 12.7. The van der Waals surface area contributed by atoms with E-state index in [1.807, 2.05) is 48.8 Å². The first-order valence-electron chi connectivity index (χ1n) is 11.8. The number of thiazole rings is 1. The summed E-state index contributed by atoms with van der Waals surface area (Å²) >= 11 is 1.61. The molecule has 0 radical (unpaired) electrons. The number of esters is 1. The van der Waals surface area contributed by atoms with E-state index in [2.05, 4.69) is 14.3 Å². The van der Waals surface area contributed by atoms with Gasteiger partial charge in [0, 0.05) is 37.8 Å². The number of hydrogen-bond donors (Lipinski definition) is 0. The molecule has 10 heteroatoms. The summed E-state index contributed by atoms with van der Waals surface area (Å²) in [5.74, 6) is -0.887. The smallest absolute Gasteiger partial charge is 0.328 e. The highest BCUT2D eigenvalue weighted by molar-refractivity contribution is 7.15. The number of benzene rings is 1. The van der Waals surface area contributed by atoms with Gasteiger partial charge in [-0.1, -0.05) is 30.3 Å². The Bertz CT molecular complexity index is 1250. The van der Waals surface area contributed by atoms with E-state index in [1.165, 1.54) is 7.11 Å². The fourth-order valence-corrected chi connectivity index (χ4v) is 6.00. The van der Waals surface area contributed by atoms with Gasteiger partial charge in [0.1, 0.15) is 12.1 Å². The number of imidazole rings is 1. The Balaban J connectivity index is 1.35. The number of hydrogen-bond acceptors (Lipinski definition) is 7. The van der Waals surface area contributed by atoms with Crippen molar-refractivity contribution in [2.75, 3.05) is 33.3 Å². The van der Waals surface area contributed by atoms with Gasteiger partial charge in [-0.3, -0.25) is 23.8 Å². The molecule has 2 aliphatic rings. The number of carbonyl (C=O) groups is 3. The summed E-state index contributed by atoms with van der Waals surface area (Å²) in [6.07, 6.45) is 3.72. The molecule has 2 fully saturated rings. The lowest BCUT2D eigenvalue weighted by molar-refractivity contribution is -0.146. The van der Waals surface area contributed by atoms with Crippen LogP contribution in [0.15, 0.2) is 41.9 Å². The molecule has 0 aliphatic carbocycles. The molecule has 0 bridgehead atoms. The van der Waals surface area contributed by atoms with Crippen molar-refractivity contribution in [3.8, 4) is 0 Å². The van der Waals surface area contributed by atoms with Crippen LogP contribution in [0.25, 0.3) is 4.96 Å². The van der Waals surface area contributed by atoms with E-state index in [9.17, 15) is 14.4 Å². The van der Waals surface area contributed by atoms with E-state index in [1.54, 1.807) is 16.2 Å².